The number of nitrogens with zero attached hydrogens (tertiary/aromatic N) is 2. The maximum absolute atomic E-state index is 11.5. The van der Waals surface area contributed by atoms with Crippen LogP contribution in [0.3, 0.4) is 0 Å². The predicted molar refractivity (Wildman–Crippen MR) is 77.0 cm³/mol. The molecule has 1 unspecified atom stereocenters. The molecular formula is C15H15ClN2O2. The molecule has 20 heavy (non-hydrogen) atoms. The van der Waals surface area contributed by atoms with Crippen LogP contribution in [0.25, 0.3) is 0 Å². The number of aryl methyl sites for hydroxylation is 2. The smallest absolute Gasteiger partial charge is 0.313 e. The lowest BCUT2D eigenvalue weighted by Gasteiger charge is -2.14. The minimum absolute atomic E-state index is 0.367. The monoisotopic (exact) mass is 290 g/mol. The molecule has 0 aliphatic heterocycles. The quantitative estimate of drug-likeness (QED) is 0.939. The van der Waals surface area contributed by atoms with Crippen molar-refractivity contribution in [1.82, 2.24) is 9.97 Å². The van der Waals surface area contributed by atoms with E-state index in [9.17, 15) is 9.90 Å². The van der Waals surface area contributed by atoms with E-state index in [1.165, 1.54) is 0 Å². The first-order valence-electron chi connectivity index (χ1n) is 6.24. The summed E-state index contributed by atoms with van der Waals surface area (Å²) in [5.41, 5.74) is 2.79. The fourth-order valence-electron chi connectivity index (χ4n) is 2.04. The van der Waals surface area contributed by atoms with Crippen LogP contribution in [0, 0.1) is 13.8 Å². The zero-order valence-electron chi connectivity index (χ0n) is 11.3. The molecule has 5 heteroatoms. The fraction of sp³-hybridized carbons (Fsp3) is 0.267. The van der Waals surface area contributed by atoms with Crippen molar-refractivity contribution < 1.29 is 9.90 Å². The van der Waals surface area contributed by atoms with Crippen molar-refractivity contribution in [2.75, 3.05) is 0 Å². The van der Waals surface area contributed by atoms with Crippen LogP contribution in [0.2, 0.25) is 5.02 Å². The van der Waals surface area contributed by atoms with Crippen molar-refractivity contribution in [3.8, 4) is 0 Å². The zero-order chi connectivity index (χ0) is 14.7. The van der Waals surface area contributed by atoms with Gasteiger partial charge in [-0.15, -0.1) is 0 Å². The minimum atomic E-state index is -0.900. The third kappa shape index (κ3) is 3.33. The van der Waals surface area contributed by atoms with E-state index in [1.807, 2.05) is 12.1 Å². The second-order valence-electron chi connectivity index (χ2n) is 4.70. The Labute approximate surface area is 122 Å². The van der Waals surface area contributed by atoms with Crippen LogP contribution < -0.4 is 0 Å². The van der Waals surface area contributed by atoms with E-state index in [0.29, 0.717) is 28.5 Å². The van der Waals surface area contributed by atoms with Crippen LogP contribution in [0.15, 0.2) is 30.5 Å². The van der Waals surface area contributed by atoms with Crippen molar-refractivity contribution in [3.63, 3.8) is 0 Å². The number of rotatable bonds is 4. The number of carboxylic acids is 1. The zero-order valence-corrected chi connectivity index (χ0v) is 12.1. The molecule has 0 spiro atoms. The summed E-state index contributed by atoms with van der Waals surface area (Å²) in [7, 11) is 0. The van der Waals surface area contributed by atoms with Gasteiger partial charge in [-0.3, -0.25) is 14.8 Å². The maximum Gasteiger partial charge on any atom is 0.313 e. The normalized spacial score (nSPS) is 12.2. The van der Waals surface area contributed by atoms with E-state index in [-0.39, 0.29) is 0 Å². The largest absolute Gasteiger partial charge is 0.481 e. The first kappa shape index (κ1) is 14.5. The molecule has 0 radical (unpaired) electrons. The van der Waals surface area contributed by atoms with Crippen molar-refractivity contribution in [2.45, 2.75) is 26.2 Å². The summed E-state index contributed by atoms with van der Waals surface area (Å²) in [6.07, 6.45) is 2.01. The van der Waals surface area contributed by atoms with Gasteiger partial charge in [0, 0.05) is 11.2 Å². The molecule has 1 N–H and O–H groups in total. The van der Waals surface area contributed by atoms with E-state index in [4.69, 9.17) is 11.6 Å². The van der Waals surface area contributed by atoms with Gasteiger partial charge >= 0.3 is 5.97 Å². The van der Waals surface area contributed by atoms with Crippen LogP contribution in [-0.4, -0.2) is 21.0 Å². The average Bonchev–Trinajstić information content (AvgIpc) is 2.41. The molecule has 1 atom stereocenters. The average molecular weight is 291 g/mol. The van der Waals surface area contributed by atoms with Gasteiger partial charge in [0.1, 0.15) is 5.92 Å². The molecule has 0 saturated heterocycles. The lowest BCUT2D eigenvalue weighted by Crippen LogP contribution is -2.18. The summed E-state index contributed by atoms with van der Waals surface area (Å²) in [6, 6.07) is 7.17. The Morgan fingerprint density at radius 2 is 1.95 bits per heavy atom. The van der Waals surface area contributed by atoms with Crippen LogP contribution in [0.1, 0.15) is 28.6 Å². The molecule has 0 aliphatic rings. The van der Waals surface area contributed by atoms with Crippen molar-refractivity contribution >= 4 is 17.6 Å². The number of carbonyl (C=O) groups is 1. The summed E-state index contributed by atoms with van der Waals surface area (Å²) in [5.74, 6) is -1.61. The Morgan fingerprint density at radius 1 is 1.30 bits per heavy atom. The second kappa shape index (κ2) is 6.01. The highest BCUT2D eigenvalue weighted by Gasteiger charge is 2.24. The lowest BCUT2D eigenvalue weighted by atomic mass is 9.95. The molecule has 104 valence electrons. The van der Waals surface area contributed by atoms with Gasteiger partial charge in [-0.25, -0.2) is 0 Å². The lowest BCUT2D eigenvalue weighted by molar-refractivity contribution is -0.138. The Bertz CT molecular complexity index is 626. The predicted octanol–water partition coefficient (Wildman–Crippen LogP) is 3.16. The molecule has 1 aromatic carbocycles. The van der Waals surface area contributed by atoms with Crippen LogP contribution in [0.5, 0.6) is 0 Å². The van der Waals surface area contributed by atoms with E-state index < -0.39 is 11.9 Å². The number of aliphatic carboxylic acids is 1. The molecule has 0 amide bonds. The number of hydrogen-bond donors (Lipinski definition) is 1. The maximum atomic E-state index is 11.5. The molecule has 0 saturated carbocycles. The number of halogens is 1. The molecule has 0 aliphatic carbocycles. The van der Waals surface area contributed by atoms with Gasteiger partial charge in [-0.05, 0) is 38.0 Å². The standard InChI is InChI=1S/C15H15ClN2O2/c1-9-8-17-10(2)14(18-9)13(15(19)20)7-11-3-5-12(16)6-4-11/h3-6,8,13H,7H2,1-2H3,(H,19,20). The van der Waals surface area contributed by atoms with Crippen molar-refractivity contribution in [3.05, 3.63) is 58.1 Å². The summed E-state index contributed by atoms with van der Waals surface area (Å²) in [5, 5.41) is 10.1. The highest BCUT2D eigenvalue weighted by Crippen LogP contribution is 2.23. The number of aromatic nitrogens is 2. The van der Waals surface area contributed by atoms with Gasteiger partial charge in [-0.2, -0.15) is 0 Å². The highest BCUT2D eigenvalue weighted by molar-refractivity contribution is 6.30. The first-order chi connectivity index (χ1) is 9.47. The van der Waals surface area contributed by atoms with E-state index in [0.717, 1.165) is 5.56 Å². The van der Waals surface area contributed by atoms with Gasteiger partial charge < -0.3 is 5.11 Å². The van der Waals surface area contributed by atoms with E-state index in [2.05, 4.69) is 9.97 Å². The van der Waals surface area contributed by atoms with Gasteiger partial charge in [0.15, 0.2) is 0 Å². The van der Waals surface area contributed by atoms with Crippen LogP contribution in [0.4, 0.5) is 0 Å². The number of carboxylic acid groups (broad SMARTS) is 1. The molecule has 0 fully saturated rings. The first-order valence-corrected chi connectivity index (χ1v) is 6.62. The molecular weight excluding hydrogens is 276 g/mol. The Morgan fingerprint density at radius 3 is 2.55 bits per heavy atom. The van der Waals surface area contributed by atoms with Crippen molar-refractivity contribution in [2.24, 2.45) is 0 Å². The molecule has 2 rings (SSSR count). The van der Waals surface area contributed by atoms with Crippen LogP contribution >= 0.6 is 11.6 Å². The summed E-state index contributed by atoms with van der Waals surface area (Å²) < 4.78 is 0. The second-order valence-corrected chi connectivity index (χ2v) is 5.14. The van der Waals surface area contributed by atoms with Gasteiger partial charge in [0.25, 0.3) is 0 Å². The fourth-order valence-corrected chi connectivity index (χ4v) is 2.17. The molecule has 0 bridgehead atoms. The third-order valence-electron chi connectivity index (χ3n) is 3.09. The Hall–Kier alpha value is -1.94. The molecule has 1 aromatic heterocycles. The SMILES string of the molecule is Cc1cnc(C)c(C(Cc2ccc(Cl)cc2)C(=O)O)n1. The van der Waals surface area contributed by atoms with E-state index >= 15 is 0 Å². The van der Waals surface area contributed by atoms with E-state index in [1.54, 1.807) is 32.2 Å². The third-order valence-corrected chi connectivity index (χ3v) is 3.35. The summed E-state index contributed by atoms with van der Waals surface area (Å²) in [4.78, 5) is 20.1. The highest BCUT2D eigenvalue weighted by atomic mass is 35.5. The number of benzene rings is 1. The molecule has 4 nitrogen and oxygen atoms in total. The summed E-state index contributed by atoms with van der Waals surface area (Å²) in [6.45, 7) is 3.58. The minimum Gasteiger partial charge on any atom is -0.481 e. The van der Waals surface area contributed by atoms with Crippen molar-refractivity contribution in [1.29, 1.82) is 0 Å². The molecule has 2 aromatic rings. The topological polar surface area (TPSA) is 63.1 Å². The Kier molecular flexibility index (Phi) is 4.35. The van der Waals surface area contributed by atoms with Gasteiger partial charge in [0.2, 0.25) is 0 Å². The van der Waals surface area contributed by atoms with Gasteiger partial charge in [0.05, 0.1) is 17.1 Å². The number of hydrogen-bond acceptors (Lipinski definition) is 3. The molecule has 1 heterocycles. The summed E-state index contributed by atoms with van der Waals surface area (Å²) >= 11 is 5.84. The Balaban J connectivity index is 2.34. The van der Waals surface area contributed by atoms with Gasteiger partial charge in [-0.1, -0.05) is 23.7 Å². The van der Waals surface area contributed by atoms with Crippen LogP contribution in [-0.2, 0) is 11.2 Å².